The molecular weight excluding hydrogens is 784 g/mol. The maximum atomic E-state index is 12.4. The van der Waals surface area contributed by atoms with Crippen molar-refractivity contribution in [3.8, 4) is 11.1 Å². The van der Waals surface area contributed by atoms with Gasteiger partial charge in [0.1, 0.15) is 11.2 Å². The van der Waals surface area contributed by atoms with E-state index in [1.807, 2.05) is 43.3 Å². The number of aromatic nitrogens is 2. The van der Waals surface area contributed by atoms with Crippen molar-refractivity contribution in [1.29, 1.82) is 0 Å². The summed E-state index contributed by atoms with van der Waals surface area (Å²) in [6.45, 7) is 2.03. The van der Waals surface area contributed by atoms with Crippen LogP contribution in [0.2, 0.25) is 10.0 Å². The lowest BCUT2D eigenvalue weighted by Gasteiger charge is -2.28. The molecule has 48 heavy (non-hydrogen) atoms. The first kappa shape index (κ1) is 38.0. The average molecular weight is 823 g/mol. The zero-order valence-corrected chi connectivity index (χ0v) is 31.2. The Hall–Kier alpha value is -2.85. The summed E-state index contributed by atoms with van der Waals surface area (Å²) in [6.07, 6.45) is 2.09. The summed E-state index contributed by atoms with van der Waals surface area (Å²) in [6, 6.07) is 28.9. The van der Waals surface area contributed by atoms with Gasteiger partial charge in [0.05, 0.1) is 11.9 Å². The van der Waals surface area contributed by atoms with Gasteiger partial charge in [0.25, 0.3) is 0 Å². The van der Waals surface area contributed by atoms with E-state index in [4.69, 9.17) is 34.7 Å². The molecule has 13 heteroatoms. The summed E-state index contributed by atoms with van der Waals surface area (Å²) < 4.78 is 28.1. The van der Waals surface area contributed by atoms with E-state index in [1.165, 1.54) is 20.3 Å². The minimum Gasteiger partial charge on any atom is -0.379 e. The molecular formula is C35H38Cl2IN5O4S. The van der Waals surface area contributed by atoms with E-state index in [0.29, 0.717) is 33.3 Å². The van der Waals surface area contributed by atoms with Crippen molar-refractivity contribution < 1.29 is 18.6 Å². The van der Waals surface area contributed by atoms with Gasteiger partial charge in [-0.3, -0.25) is 0 Å². The lowest BCUT2D eigenvalue weighted by atomic mass is 9.85. The summed E-state index contributed by atoms with van der Waals surface area (Å²) in [5, 5.41) is 27.5. The minimum absolute atomic E-state index is 0.00675. The van der Waals surface area contributed by atoms with Gasteiger partial charge in [-0.2, -0.15) is 21.9 Å². The summed E-state index contributed by atoms with van der Waals surface area (Å²) >= 11 is 14.0. The van der Waals surface area contributed by atoms with E-state index < -0.39 is 21.4 Å². The Kier molecular flexibility index (Phi) is 12.5. The van der Waals surface area contributed by atoms with E-state index in [9.17, 15) is 18.6 Å². The predicted octanol–water partition coefficient (Wildman–Crippen LogP) is 5.75. The molecule has 2 atom stereocenters. The summed E-state index contributed by atoms with van der Waals surface area (Å²) in [5.74, 6) is 0. The van der Waals surface area contributed by atoms with Crippen molar-refractivity contribution in [2.24, 2.45) is 11.5 Å². The average Bonchev–Trinajstić information content (AvgIpc) is 3.54. The second-order valence-electron chi connectivity index (χ2n) is 11.2. The molecule has 0 radical (unpaired) electrons. The highest BCUT2D eigenvalue weighted by atomic mass is 127. The Labute approximate surface area is 305 Å². The number of aliphatic hydroxyl groups is 2. The fraction of sp³-hybridized carbons (Fsp3) is 0.229. The molecule has 4 aromatic carbocycles. The van der Waals surface area contributed by atoms with Crippen molar-refractivity contribution in [2.75, 3.05) is 27.2 Å². The normalized spacial score (nSPS) is 14.1. The largest absolute Gasteiger partial charge is 0.379 e. The number of nitrogens with zero attached hydrogens (tertiary/aromatic N) is 3. The van der Waals surface area contributed by atoms with Crippen LogP contribution in [0, 0.1) is 3.57 Å². The number of benzene rings is 4. The molecule has 6 N–H and O–H groups in total. The van der Waals surface area contributed by atoms with E-state index in [2.05, 4.69) is 27.7 Å². The van der Waals surface area contributed by atoms with Gasteiger partial charge in [-0.05, 0) is 93.2 Å². The highest BCUT2D eigenvalue weighted by Gasteiger charge is 2.31. The van der Waals surface area contributed by atoms with Crippen molar-refractivity contribution in [1.82, 2.24) is 13.5 Å². The number of hydrogen-bond donors (Lipinski definition) is 4. The third-order valence-corrected chi connectivity index (χ3v) is 10.8. The molecule has 0 amide bonds. The van der Waals surface area contributed by atoms with Gasteiger partial charge in [0, 0.05) is 46.4 Å². The fourth-order valence-electron chi connectivity index (χ4n) is 5.08. The number of hydrogen-bond acceptors (Lipinski definition) is 7. The van der Waals surface area contributed by atoms with Crippen LogP contribution < -0.4 is 11.5 Å². The lowest BCUT2D eigenvalue weighted by Crippen LogP contribution is -2.36. The van der Waals surface area contributed by atoms with Crippen LogP contribution in [0.15, 0.2) is 103 Å². The molecule has 9 nitrogen and oxygen atoms in total. The molecule has 5 rings (SSSR count). The van der Waals surface area contributed by atoms with Crippen molar-refractivity contribution in [3.05, 3.63) is 145 Å². The zero-order valence-electron chi connectivity index (χ0n) is 26.7. The Bertz CT molecular complexity index is 1870. The summed E-state index contributed by atoms with van der Waals surface area (Å²) in [7, 11) is -0.780. The monoisotopic (exact) mass is 821 g/mol. The molecule has 0 spiro atoms. The number of halogens is 3. The Balaban J connectivity index is 0.000000246. The fourth-order valence-corrected chi connectivity index (χ4v) is 6.47. The van der Waals surface area contributed by atoms with Crippen LogP contribution in [0.5, 0.6) is 0 Å². The van der Waals surface area contributed by atoms with Gasteiger partial charge >= 0.3 is 10.2 Å². The van der Waals surface area contributed by atoms with Crippen LogP contribution in [0.3, 0.4) is 0 Å². The molecule has 254 valence electrons. The number of rotatable bonds is 10. The van der Waals surface area contributed by atoms with Crippen LogP contribution >= 0.6 is 45.8 Å². The van der Waals surface area contributed by atoms with Gasteiger partial charge in [-0.1, -0.05) is 90.8 Å². The Morgan fingerprint density at radius 1 is 0.750 bits per heavy atom. The van der Waals surface area contributed by atoms with Crippen LogP contribution in [-0.2, 0) is 27.8 Å². The molecule has 1 heterocycles. The first-order chi connectivity index (χ1) is 22.7. The van der Waals surface area contributed by atoms with Crippen LogP contribution in [0.1, 0.15) is 34.9 Å². The van der Waals surface area contributed by atoms with E-state index >= 15 is 0 Å². The Morgan fingerprint density at radius 2 is 1.12 bits per heavy atom. The van der Waals surface area contributed by atoms with Crippen LogP contribution in [0.4, 0.5) is 0 Å². The van der Waals surface area contributed by atoms with Crippen molar-refractivity contribution in [3.63, 3.8) is 0 Å². The quantitative estimate of drug-likeness (QED) is 0.131. The molecule has 2 unspecified atom stereocenters. The first-order valence-corrected chi connectivity index (χ1v) is 18.2. The molecule has 5 aromatic rings. The smallest absolute Gasteiger partial charge is 0.322 e. The zero-order chi connectivity index (χ0) is 35.3. The molecule has 0 saturated heterocycles. The Morgan fingerprint density at radius 3 is 1.48 bits per heavy atom. The second-order valence-corrected chi connectivity index (χ2v) is 15.4. The molecule has 0 aliphatic carbocycles. The van der Waals surface area contributed by atoms with Crippen molar-refractivity contribution >= 4 is 56.0 Å². The maximum absolute atomic E-state index is 12.4. The highest BCUT2D eigenvalue weighted by Crippen LogP contribution is 2.33. The van der Waals surface area contributed by atoms with Crippen LogP contribution in [0.25, 0.3) is 11.1 Å². The molecule has 0 saturated carbocycles. The SMILES string of the molecule is CCc1nn(S(=O)(=O)N(C)C)cc1-c1ccc(C(O)(CN)c2ccc(Cl)cc2)cc1.NCC(O)(c1ccc(Cl)cc1)c1ccc(I)cc1. The van der Waals surface area contributed by atoms with Gasteiger partial charge in [-0.25, -0.2) is 0 Å². The van der Waals surface area contributed by atoms with E-state index in [-0.39, 0.29) is 13.1 Å². The first-order valence-electron chi connectivity index (χ1n) is 14.9. The molecule has 0 aliphatic heterocycles. The molecule has 1 aromatic heterocycles. The van der Waals surface area contributed by atoms with E-state index in [0.717, 1.165) is 34.2 Å². The molecule has 0 bridgehead atoms. The third kappa shape index (κ3) is 8.12. The second kappa shape index (κ2) is 15.8. The molecule has 0 aliphatic rings. The number of aryl methyl sites for hydroxylation is 1. The summed E-state index contributed by atoms with van der Waals surface area (Å²) in [4.78, 5) is 0. The lowest BCUT2D eigenvalue weighted by molar-refractivity contribution is 0.0899. The van der Waals surface area contributed by atoms with Crippen LogP contribution in [-0.4, -0.2) is 59.3 Å². The standard InChI is InChI=1S/C21H25ClN4O3S.C14H13ClINO/c1-4-20-19(13-26(24-20)30(28,29)25(2)3)15-5-7-16(8-6-15)21(27,14-23)17-9-11-18(22)12-10-17;15-12-5-1-10(2-6-12)14(18,9-17)11-3-7-13(16)8-4-11/h5-13,27H,4,14,23H2,1-3H3;1-8,18H,9,17H2. The van der Waals surface area contributed by atoms with Gasteiger partial charge in [-0.15, -0.1) is 0 Å². The number of nitrogens with two attached hydrogens (primary N) is 2. The predicted molar refractivity (Wildman–Crippen MR) is 201 cm³/mol. The van der Waals surface area contributed by atoms with Gasteiger partial charge in [0.15, 0.2) is 0 Å². The van der Waals surface area contributed by atoms with Gasteiger partial charge in [0.2, 0.25) is 0 Å². The van der Waals surface area contributed by atoms with Gasteiger partial charge < -0.3 is 21.7 Å². The third-order valence-electron chi connectivity index (χ3n) is 8.03. The van der Waals surface area contributed by atoms with Crippen molar-refractivity contribution in [2.45, 2.75) is 24.5 Å². The topological polar surface area (TPSA) is 148 Å². The summed E-state index contributed by atoms with van der Waals surface area (Å²) in [5.41, 5.74) is 14.1. The van der Waals surface area contributed by atoms with E-state index in [1.54, 1.807) is 60.7 Å². The highest BCUT2D eigenvalue weighted by molar-refractivity contribution is 14.1. The minimum atomic E-state index is -3.70. The molecule has 0 fully saturated rings. The maximum Gasteiger partial charge on any atom is 0.322 e.